The summed E-state index contributed by atoms with van der Waals surface area (Å²) >= 11 is 0. The van der Waals surface area contributed by atoms with Crippen LogP contribution in [0.25, 0.3) is 5.57 Å². The standard InChI is InChI=1S/C24H36N4.C2H5NO/c1-5-22(23-10-8-9-21(17-23)19-26(3)4)18-25-20(2)27-15-11-24(12-16-27)28-13-6-7-14-28;3-1-2-4/h5,8-10,17-18,24H,2,6-7,11-16,19H2,1,3-4H3;2H,1,3H2/b22-5+,25-18-;. The molecule has 6 nitrogen and oxygen atoms in total. The highest BCUT2D eigenvalue weighted by molar-refractivity contribution is 6.10. The third-order valence-electron chi connectivity index (χ3n) is 6.01. The predicted molar refractivity (Wildman–Crippen MR) is 136 cm³/mol. The molecule has 32 heavy (non-hydrogen) atoms. The normalized spacial score (nSPS) is 18.2. The quantitative estimate of drug-likeness (QED) is 0.497. The van der Waals surface area contributed by atoms with Gasteiger partial charge in [0.25, 0.3) is 0 Å². The van der Waals surface area contributed by atoms with Gasteiger partial charge in [-0.1, -0.05) is 30.9 Å². The van der Waals surface area contributed by atoms with Crippen molar-refractivity contribution >= 4 is 18.1 Å². The average Bonchev–Trinajstić information content (AvgIpc) is 3.34. The lowest BCUT2D eigenvalue weighted by Gasteiger charge is -2.37. The van der Waals surface area contributed by atoms with Gasteiger partial charge < -0.3 is 25.2 Å². The average molecular weight is 440 g/mol. The van der Waals surface area contributed by atoms with E-state index in [2.05, 4.69) is 78.4 Å². The van der Waals surface area contributed by atoms with E-state index >= 15 is 0 Å². The molecule has 176 valence electrons. The van der Waals surface area contributed by atoms with E-state index in [1.54, 1.807) is 0 Å². The number of hydrogen-bond donors (Lipinski definition) is 1. The Morgan fingerprint density at radius 1 is 1.22 bits per heavy atom. The van der Waals surface area contributed by atoms with Crippen molar-refractivity contribution in [2.75, 3.05) is 46.8 Å². The molecule has 0 spiro atoms. The van der Waals surface area contributed by atoms with Gasteiger partial charge in [-0.2, -0.15) is 0 Å². The Morgan fingerprint density at radius 2 is 1.88 bits per heavy atom. The predicted octanol–water partition coefficient (Wildman–Crippen LogP) is 3.40. The summed E-state index contributed by atoms with van der Waals surface area (Å²) in [6.07, 6.45) is 9.97. The second-order valence-corrected chi connectivity index (χ2v) is 8.72. The van der Waals surface area contributed by atoms with E-state index in [9.17, 15) is 0 Å². The SMILES string of the molecule is C=C(/N=C\C(=C/C)c1cccc(CN(C)C)c1)N1CCC(N2CCCC2)CC1.NCC=O. The summed E-state index contributed by atoms with van der Waals surface area (Å²) in [6.45, 7) is 12.1. The maximum absolute atomic E-state index is 9.05. The van der Waals surface area contributed by atoms with Crippen molar-refractivity contribution in [3.8, 4) is 0 Å². The van der Waals surface area contributed by atoms with Crippen molar-refractivity contribution in [2.45, 2.75) is 45.2 Å². The van der Waals surface area contributed by atoms with Crippen LogP contribution in [0.3, 0.4) is 0 Å². The van der Waals surface area contributed by atoms with Gasteiger partial charge in [0.1, 0.15) is 12.1 Å². The van der Waals surface area contributed by atoms with Crippen LogP contribution >= 0.6 is 0 Å². The first-order valence-corrected chi connectivity index (χ1v) is 11.7. The van der Waals surface area contributed by atoms with E-state index in [0.29, 0.717) is 6.29 Å². The monoisotopic (exact) mass is 439 g/mol. The van der Waals surface area contributed by atoms with Gasteiger partial charge in [-0.3, -0.25) is 0 Å². The molecule has 1 aromatic rings. The van der Waals surface area contributed by atoms with Gasteiger partial charge >= 0.3 is 0 Å². The second-order valence-electron chi connectivity index (χ2n) is 8.72. The van der Waals surface area contributed by atoms with Crippen LogP contribution in [0.1, 0.15) is 43.7 Å². The Bertz CT molecular complexity index is 772. The largest absolute Gasteiger partial charge is 0.357 e. The lowest BCUT2D eigenvalue weighted by molar-refractivity contribution is -0.106. The molecule has 2 aliphatic heterocycles. The van der Waals surface area contributed by atoms with E-state index in [4.69, 9.17) is 9.79 Å². The highest BCUT2D eigenvalue weighted by Gasteiger charge is 2.26. The summed E-state index contributed by atoms with van der Waals surface area (Å²) in [6, 6.07) is 9.48. The molecule has 0 atom stereocenters. The van der Waals surface area contributed by atoms with Crippen LogP contribution in [-0.4, -0.2) is 80.1 Å². The van der Waals surface area contributed by atoms with Gasteiger partial charge in [0.05, 0.1) is 0 Å². The van der Waals surface area contributed by atoms with E-state index in [0.717, 1.165) is 37.1 Å². The molecule has 0 amide bonds. The third-order valence-corrected chi connectivity index (χ3v) is 6.01. The molecule has 2 N–H and O–H groups in total. The first-order valence-electron chi connectivity index (χ1n) is 11.7. The summed E-state index contributed by atoms with van der Waals surface area (Å²) in [7, 11) is 4.20. The molecule has 0 unspecified atom stereocenters. The number of carbonyl (C=O) groups excluding carboxylic acids is 1. The zero-order chi connectivity index (χ0) is 23.3. The first kappa shape index (κ1) is 26.0. The van der Waals surface area contributed by atoms with Crippen LogP contribution in [0.2, 0.25) is 0 Å². The van der Waals surface area contributed by atoms with Crippen LogP contribution in [0, 0.1) is 0 Å². The summed E-state index contributed by atoms with van der Waals surface area (Å²) in [5.41, 5.74) is 8.34. The molecule has 2 fully saturated rings. The summed E-state index contributed by atoms with van der Waals surface area (Å²) < 4.78 is 0. The molecule has 0 saturated carbocycles. The highest BCUT2D eigenvalue weighted by atomic mass is 16.1. The minimum absolute atomic E-state index is 0.139. The minimum atomic E-state index is 0.139. The van der Waals surface area contributed by atoms with E-state index in [1.807, 2.05) is 6.21 Å². The Morgan fingerprint density at radius 3 is 2.44 bits per heavy atom. The zero-order valence-electron chi connectivity index (χ0n) is 20.2. The van der Waals surface area contributed by atoms with Gasteiger partial charge in [-0.15, -0.1) is 0 Å². The molecule has 6 heteroatoms. The van der Waals surface area contributed by atoms with Crippen LogP contribution in [0.4, 0.5) is 0 Å². The number of rotatable bonds is 8. The van der Waals surface area contributed by atoms with Crippen molar-refractivity contribution in [1.82, 2.24) is 14.7 Å². The summed E-state index contributed by atoms with van der Waals surface area (Å²) in [4.78, 5) is 21.0. The molecule has 2 aliphatic rings. The number of benzene rings is 1. The van der Waals surface area contributed by atoms with Crippen LogP contribution < -0.4 is 5.73 Å². The van der Waals surface area contributed by atoms with Crippen LogP contribution in [0.5, 0.6) is 0 Å². The summed E-state index contributed by atoms with van der Waals surface area (Å²) in [5, 5.41) is 0. The number of piperidine rings is 1. The molecule has 0 aliphatic carbocycles. The number of nitrogens with zero attached hydrogens (tertiary/aromatic N) is 4. The maximum Gasteiger partial charge on any atom is 0.133 e. The number of likely N-dealkylation sites (tertiary alicyclic amines) is 2. The van der Waals surface area contributed by atoms with E-state index < -0.39 is 0 Å². The molecule has 2 heterocycles. The number of allylic oxidation sites excluding steroid dienone is 2. The lowest BCUT2D eigenvalue weighted by Crippen LogP contribution is -2.43. The van der Waals surface area contributed by atoms with Gasteiger partial charge in [0.2, 0.25) is 0 Å². The Hall–Kier alpha value is -2.28. The van der Waals surface area contributed by atoms with Crippen molar-refractivity contribution in [3.05, 3.63) is 53.9 Å². The zero-order valence-corrected chi connectivity index (χ0v) is 20.2. The molecule has 0 bridgehead atoms. The fraction of sp³-hybridized carbons (Fsp3) is 0.538. The Kier molecular flexibility index (Phi) is 11.4. The second kappa shape index (κ2) is 14.0. The Balaban J connectivity index is 0.000000837. The van der Waals surface area contributed by atoms with Crippen molar-refractivity contribution in [1.29, 1.82) is 0 Å². The number of nitrogens with two attached hydrogens (primary N) is 1. The van der Waals surface area contributed by atoms with Crippen molar-refractivity contribution in [3.63, 3.8) is 0 Å². The fourth-order valence-corrected chi connectivity index (χ4v) is 4.35. The van der Waals surface area contributed by atoms with Gasteiger partial charge in [-0.25, -0.2) is 4.99 Å². The molecular formula is C26H41N5O. The highest BCUT2D eigenvalue weighted by Crippen LogP contribution is 2.23. The smallest absolute Gasteiger partial charge is 0.133 e. The summed E-state index contributed by atoms with van der Waals surface area (Å²) in [5.74, 6) is 0.892. The van der Waals surface area contributed by atoms with E-state index in [1.165, 1.54) is 49.9 Å². The number of aliphatic imine (C=N–C) groups is 1. The number of carbonyl (C=O) groups is 1. The van der Waals surface area contributed by atoms with Crippen molar-refractivity contribution < 1.29 is 4.79 Å². The minimum Gasteiger partial charge on any atom is -0.357 e. The Labute approximate surface area is 194 Å². The maximum atomic E-state index is 9.05. The van der Waals surface area contributed by atoms with Gasteiger partial charge in [-0.05, 0) is 82.6 Å². The molecular weight excluding hydrogens is 398 g/mol. The third kappa shape index (κ3) is 8.34. The fourth-order valence-electron chi connectivity index (χ4n) is 4.35. The lowest BCUT2D eigenvalue weighted by atomic mass is 10.0. The first-order chi connectivity index (χ1) is 15.5. The van der Waals surface area contributed by atoms with Crippen LogP contribution in [-0.2, 0) is 11.3 Å². The number of hydrogen-bond acceptors (Lipinski definition) is 6. The van der Waals surface area contributed by atoms with Gasteiger partial charge in [0.15, 0.2) is 0 Å². The molecule has 0 aromatic heterocycles. The molecule has 2 saturated heterocycles. The molecule has 3 rings (SSSR count). The molecule has 0 radical (unpaired) electrons. The van der Waals surface area contributed by atoms with Crippen LogP contribution in [0.15, 0.2) is 47.7 Å². The van der Waals surface area contributed by atoms with E-state index in [-0.39, 0.29) is 6.54 Å². The number of aldehydes is 1. The molecule has 1 aromatic carbocycles. The van der Waals surface area contributed by atoms with Crippen molar-refractivity contribution in [2.24, 2.45) is 10.7 Å². The van der Waals surface area contributed by atoms with Gasteiger partial charge in [0, 0.05) is 38.4 Å². The topological polar surface area (TPSA) is 65.2 Å².